The molecule has 0 saturated heterocycles. The highest BCUT2D eigenvalue weighted by Gasteiger charge is 2.37. The molecule has 4 rings (SSSR count). The van der Waals surface area contributed by atoms with Gasteiger partial charge in [0.2, 0.25) is 0 Å². The van der Waals surface area contributed by atoms with Crippen molar-refractivity contribution in [2.75, 3.05) is 5.32 Å². The molecule has 1 heterocycles. The van der Waals surface area contributed by atoms with Crippen LogP contribution in [0.3, 0.4) is 0 Å². The fraction of sp³-hybridized carbons (Fsp3) is 0.0870. The highest BCUT2D eigenvalue weighted by atomic mass is 32.1. The quantitative estimate of drug-likeness (QED) is 0.348. The zero-order chi connectivity index (χ0) is 19.2. The molecule has 3 N–H and O–H groups in total. The number of nitrogens with two attached hydrogens (primary N) is 1. The van der Waals surface area contributed by atoms with Crippen molar-refractivity contribution in [3.63, 3.8) is 0 Å². The van der Waals surface area contributed by atoms with Gasteiger partial charge in [0.15, 0.2) is 5.13 Å². The second kappa shape index (κ2) is 8.35. The van der Waals surface area contributed by atoms with Gasteiger partial charge in [-0.05, 0) is 16.7 Å². The van der Waals surface area contributed by atoms with Crippen LogP contribution >= 0.6 is 11.3 Å². The van der Waals surface area contributed by atoms with Crippen LogP contribution in [0.15, 0.2) is 96.4 Å². The summed E-state index contributed by atoms with van der Waals surface area (Å²) < 4.78 is 0. The molecule has 3 aromatic carbocycles. The fourth-order valence-electron chi connectivity index (χ4n) is 3.46. The van der Waals surface area contributed by atoms with Crippen LogP contribution in [0, 0.1) is 0 Å². The summed E-state index contributed by atoms with van der Waals surface area (Å²) in [6.45, 7) is 0.285. The van der Waals surface area contributed by atoms with Gasteiger partial charge in [0.25, 0.3) is 0 Å². The Hall–Kier alpha value is -2.99. The molecular formula is C23H21N3OS. The van der Waals surface area contributed by atoms with E-state index in [-0.39, 0.29) is 6.61 Å². The molecule has 0 bridgehead atoms. The molecule has 0 unspecified atom stereocenters. The molecule has 0 aliphatic rings. The highest BCUT2D eigenvalue weighted by molar-refractivity contribution is 7.13. The lowest BCUT2D eigenvalue weighted by atomic mass is 9.77. The molecule has 4 nitrogen and oxygen atoms in total. The van der Waals surface area contributed by atoms with Crippen molar-refractivity contribution in [2.24, 2.45) is 5.90 Å². The first-order valence-corrected chi connectivity index (χ1v) is 9.92. The summed E-state index contributed by atoms with van der Waals surface area (Å²) in [5, 5.41) is 6.50. The van der Waals surface area contributed by atoms with Gasteiger partial charge in [0, 0.05) is 5.38 Å². The monoisotopic (exact) mass is 387 g/mol. The average molecular weight is 388 g/mol. The van der Waals surface area contributed by atoms with Crippen LogP contribution in [0.2, 0.25) is 0 Å². The maximum atomic E-state index is 5.21. The maximum Gasteiger partial charge on any atom is 0.184 e. The van der Waals surface area contributed by atoms with Crippen LogP contribution < -0.4 is 11.2 Å². The lowest BCUT2D eigenvalue weighted by molar-refractivity contribution is 0.122. The van der Waals surface area contributed by atoms with Gasteiger partial charge in [-0.3, -0.25) is 4.84 Å². The van der Waals surface area contributed by atoms with Crippen molar-refractivity contribution in [2.45, 2.75) is 12.1 Å². The molecule has 0 fully saturated rings. The van der Waals surface area contributed by atoms with Crippen LogP contribution in [-0.2, 0) is 17.0 Å². The molecule has 0 atom stereocenters. The Balaban J connectivity index is 1.92. The SMILES string of the molecule is NOCc1csc(NC(c2ccccc2)(c2ccccc2)c2ccccc2)n1. The maximum absolute atomic E-state index is 5.21. The lowest BCUT2D eigenvalue weighted by Gasteiger charge is -2.36. The van der Waals surface area contributed by atoms with E-state index in [0.717, 1.165) is 27.5 Å². The van der Waals surface area contributed by atoms with Crippen LogP contribution in [0.25, 0.3) is 0 Å². The van der Waals surface area contributed by atoms with E-state index in [0.29, 0.717) is 0 Å². The van der Waals surface area contributed by atoms with Crippen LogP contribution in [0.1, 0.15) is 22.4 Å². The molecule has 0 amide bonds. The molecule has 0 aliphatic heterocycles. The second-order valence-corrected chi connectivity index (χ2v) is 7.29. The Bertz CT molecular complexity index is 907. The van der Waals surface area contributed by atoms with E-state index in [9.17, 15) is 0 Å². The van der Waals surface area contributed by atoms with Gasteiger partial charge < -0.3 is 5.32 Å². The molecule has 0 radical (unpaired) electrons. The van der Waals surface area contributed by atoms with Gasteiger partial charge in [0.1, 0.15) is 12.1 Å². The minimum Gasteiger partial charge on any atom is -0.344 e. The molecule has 140 valence electrons. The van der Waals surface area contributed by atoms with Crippen molar-refractivity contribution in [1.82, 2.24) is 4.98 Å². The van der Waals surface area contributed by atoms with E-state index in [1.165, 1.54) is 0 Å². The summed E-state index contributed by atoms with van der Waals surface area (Å²) in [4.78, 5) is 9.41. The zero-order valence-electron chi connectivity index (χ0n) is 15.3. The second-order valence-electron chi connectivity index (χ2n) is 6.43. The Morgan fingerprint density at radius 2 is 1.25 bits per heavy atom. The molecule has 0 saturated carbocycles. The minimum atomic E-state index is -0.581. The molecule has 4 aromatic rings. The Kier molecular flexibility index (Phi) is 5.48. The number of thiazole rings is 1. The Labute approximate surface area is 168 Å². The van der Waals surface area contributed by atoms with E-state index >= 15 is 0 Å². The number of nitrogens with one attached hydrogen (secondary N) is 1. The fourth-order valence-corrected chi connectivity index (χ4v) is 4.21. The number of aromatic nitrogens is 1. The van der Waals surface area contributed by atoms with Gasteiger partial charge in [-0.2, -0.15) is 0 Å². The minimum absolute atomic E-state index is 0.285. The van der Waals surface area contributed by atoms with E-state index in [2.05, 4.69) is 83.1 Å². The standard InChI is InChI=1S/C23H21N3OS/c24-27-16-21-17-28-22(25-21)26-23(18-10-4-1-5-11-18,19-12-6-2-7-13-19)20-14-8-3-9-15-20/h1-15,17H,16,24H2,(H,25,26). The first-order chi connectivity index (χ1) is 13.8. The van der Waals surface area contributed by atoms with Crippen molar-refractivity contribution >= 4 is 16.5 Å². The molecule has 1 aromatic heterocycles. The summed E-state index contributed by atoms with van der Waals surface area (Å²) in [6.07, 6.45) is 0. The topological polar surface area (TPSA) is 60.2 Å². The molecule has 5 heteroatoms. The number of hydrogen-bond donors (Lipinski definition) is 2. The first-order valence-electron chi connectivity index (χ1n) is 9.04. The van der Waals surface area contributed by atoms with Gasteiger partial charge >= 0.3 is 0 Å². The predicted octanol–water partition coefficient (Wildman–Crippen LogP) is 4.94. The van der Waals surface area contributed by atoms with Crippen LogP contribution in [-0.4, -0.2) is 4.98 Å². The zero-order valence-corrected chi connectivity index (χ0v) is 16.1. The van der Waals surface area contributed by atoms with Crippen molar-refractivity contribution in [3.05, 3.63) is 119 Å². The number of hydrogen-bond acceptors (Lipinski definition) is 5. The molecular weight excluding hydrogens is 366 g/mol. The Morgan fingerprint density at radius 1 is 0.786 bits per heavy atom. The van der Waals surface area contributed by atoms with Crippen LogP contribution in [0.4, 0.5) is 5.13 Å². The Morgan fingerprint density at radius 3 is 1.68 bits per heavy atom. The molecule has 28 heavy (non-hydrogen) atoms. The van der Waals surface area contributed by atoms with Gasteiger partial charge in [-0.1, -0.05) is 91.0 Å². The third-order valence-electron chi connectivity index (χ3n) is 4.70. The smallest absolute Gasteiger partial charge is 0.184 e. The van der Waals surface area contributed by atoms with Crippen LogP contribution in [0.5, 0.6) is 0 Å². The predicted molar refractivity (Wildman–Crippen MR) is 114 cm³/mol. The van der Waals surface area contributed by atoms with Gasteiger partial charge in [-0.15, -0.1) is 11.3 Å². The average Bonchev–Trinajstić information content (AvgIpc) is 3.21. The third kappa shape index (κ3) is 3.55. The van der Waals surface area contributed by atoms with Gasteiger partial charge in [-0.25, -0.2) is 10.9 Å². The van der Waals surface area contributed by atoms with Crippen molar-refractivity contribution in [3.8, 4) is 0 Å². The normalized spacial score (nSPS) is 11.3. The number of benzene rings is 3. The largest absolute Gasteiger partial charge is 0.344 e. The van der Waals surface area contributed by atoms with Crippen molar-refractivity contribution < 1.29 is 4.84 Å². The molecule has 0 spiro atoms. The summed E-state index contributed by atoms with van der Waals surface area (Å²) in [5.74, 6) is 5.21. The summed E-state index contributed by atoms with van der Waals surface area (Å²) in [5.41, 5.74) is 3.64. The molecule has 0 aliphatic carbocycles. The lowest BCUT2D eigenvalue weighted by Crippen LogP contribution is -2.38. The van der Waals surface area contributed by atoms with Gasteiger partial charge in [0.05, 0.1) is 5.69 Å². The van der Waals surface area contributed by atoms with E-state index in [1.54, 1.807) is 11.3 Å². The first kappa shape index (κ1) is 18.4. The summed E-state index contributed by atoms with van der Waals surface area (Å²) >= 11 is 1.54. The third-order valence-corrected chi connectivity index (χ3v) is 5.50. The van der Waals surface area contributed by atoms with E-state index in [1.807, 2.05) is 23.6 Å². The summed E-state index contributed by atoms with van der Waals surface area (Å²) in [7, 11) is 0. The number of anilines is 1. The number of rotatable bonds is 7. The number of nitrogens with zero attached hydrogens (tertiary/aromatic N) is 1. The van der Waals surface area contributed by atoms with E-state index in [4.69, 9.17) is 10.7 Å². The van der Waals surface area contributed by atoms with Crippen molar-refractivity contribution in [1.29, 1.82) is 0 Å². The highest BCUT2D eigenvalue weighted by Crippen LogP contribution is 2.40. The van der Waals surface area contributed by atoms with E-state index < -0.39 is 5.54 Å². The summed E-state index contributed by atoms with van der Waals surface area (Å²) in [6, 6.07) is 31.3.